The van der Waals surface area contributed by atoms with Crippen LogP contribution in [0.25, 0.3) is 22.8 Å². The molecule has 108 valence electrons. The van der Waals surface area contributed by atoms with E-state index in [1.807, 2.05) is 0 Å². The Morgan fingerprint density at radius 3 is 2.50 bits per heavy atom. The van der Waals surface area contributed by atoms with Crippen molar-refractivity contribution in [1.29, 1.82) is 0 Å². The Balaban J connectivity index is 2.05. The minimum atomic E-state index is 0.130. The van der Waals surface area contributed by atoms with Gasteiger partial charge in [-0.15, -0.1) is 0 Å². The third-order valence-corrected chi connectivity index (χ3v) is 5.07. The van der Waals surface area contributed by atoms with Gasteiger partial charge in [0.05, 0.1) is 0 Å². The summed E-state index contributed by atoms with van der Waals surface area (Å²) in [5.41, 5.74) is 5.37. The van der Waals surface area contributed by atoms with Crippen LogP contribution >= 0.6 is 15.9 Å². The van der Waals surface area contributed by atoms with E-state index in [2.05, 4.69) is 96.5 Å². The fraction of sp³-hybridized carbons (Fsp3) is 0.143. The highest BCUT2D eigenvalue weighted by molar-refractivity contribution is 9.10. The predicted molar refractivity (Wildman–Crippen MR) is 97.7 cm³/mol. The zero-order chi connectivity index (χ0) is 15.3. The van der Waals surface area contributed by atoms with Crippen LogP contribution in [0.2, 0.25) is 0 Å². The molecule has 0 aromatic heterocycles. The molecule has 2 aliphatic rings. The quantitative estimate of drug-likeness (QED) is 0.707. The van der Waals surface area contributed by atoms with Crippen LogP contribution in [-0.4, -0.2) is 0 Å². The van der Waals surface area contributed by atoms with Crippen molar-refractivity contribution in [2.75, 3.05) is 0 Å². The second-order valence-corrected chi connectivity index (χ2v) is 7.41. The minimum Gasteiger partial charge on any atom is -0.0744 e. The van der Waals surface area contributed by atoms with Gasteiger partial charge < -0.3 is 0 Å². The minimum absolute atomic E-state index is 0.130. The maximum absolute atomic E-state index is 3.69. The van der Waals surface area contributed by atoms with E-state index < -0.39 is 0 Å². The summed E-state index contributed by atoms with van der Waals surface area (Å²) in [7, 11) is 0. The Bertz CT molecular complexity index is 956. The van der Waals surface area contributed by atoms with E-state index in [1.54, 1.807) is 0 Å². The summed E-state index contributed by atoms with van der Waals surface area (Å²) >= 11 is 3.69. The van der Waals surface area contributed by atoms with E-state index in [4.69, 9.17) is 0 Å². The standard InChI is InChI=1S/C21H17Br/c1-21(2)11-10-15-14(13-21)12-19-16(15)7-5-8-17(19)18-6-3-4-9-20(18)22/h3-13H,1-2H3. The number of allylic oxidation sites excluding steroid dienone is 4. The molecule has 0 spiro atoms. The average Bonchev–Trinajstić information content (AvgIpc) is 2.83. The average molecular weight is 349 g/mol. The fourth-order valence-electron chi connectivity index (χ4n) is 3.31. The molecule has 0 radical (unpaired) electrons. The topological polar surface area (TPSA) is 0 Å². The lowest BCUT2D eigenvalue weighted by Crippen LogP contribution is -2.24. The molecule has 0 saturated heterocycles. The zero-order valence-electron chi connectivity index (χ0n) is 12.7. The van der Waals surface area contributed by atoms with Crippen molar-refractivity contribution in [3.63, 3.8) is 0 Å². The zero-order valence-corrected chi connectivity index (χ0v) is 14.3. The van der Waals surface area contributed by atoms with Crippen LogP contribution < -0.4 is 10.4 Å². The molecule has 0 heterocycles. The van der Waals surface area contributed by atoms with Crippen LogP contribution in [0.3, 0.4) is 0 Å². The van der Waals surface area contributed by atoms with E-state index in [0.717, 1.165) is 4.47 Å². The molecule has 0 bridgehead atoms. The number of hydrogen-bond donors (Lipinski definition) is 0. The number of hydrogen-bond acceptors (Lipinski definition) is 0. The summed E-state index contributed by atoms with van der Waals surface area (Å²) in [6.07, 6.45) is 9.28. The first-order valence-electron chi connectivity index (χ1n) is 7.58. The molecule has 0 saturated carbocycles. The van der Waals surface area contributed by atoms with Crippen molar-refractivity contribution in [3.8, 4) is 11.1 Å². The maximum Gasteiger partial charge on any atom is 0.0253 e. The Hall–Kier alpha value is -1.86. The van der Waals surface area contributed by atoms with Gasteiger partial charge in [-0.2, -0.15) is 0 Å². The molecule has 0 nitrogen and oxygen atoms in total. The van der Waals surface area contributed by atoms with Gasteiger partial charge in [0.2, 0.25) is 0 Å². The van der Waals surface area contributed by atoms with Crippen LogP contribution in [0, 0.1) is 5.41 Å². The smallest absolute Gasteiger partial charge is 0.0253 e. The lowest BCUT2D eigenvalue weighted by Gasteiger charge is -2.21. The van der Waals surface area contributed by atoms with Gasteiger partial charge in [-0.1, -0.05) is 84.4 Å². The summed E-state index contributed by atoms with van der Waals surface area (Å²) < 4.78 is 1.14. The van der Waals surface area contributed by atoms with Crippen molar-refractivity contribution in [1.82, 2.24) is 0 Å². The highest BCUT2D eigenvalue weighted by Crippen LogP contribution is 2.33. The molecule has 0 amide bonds. The van der Waals surface area contributed by atoms with Crippen LogP contribution in [0.1, 0.15) is 13.8 Å². The molecule has 2 aromatic carbocycles. The second kappa shape index (κ2) is 4.82. The van der Waals surface area contributed by atoms with Gasteiger partial charge in [0.1, 0.15) is 0 Å². The van der Waals surface area contributed by atoms with E-state index in [0.29, 0.717) is 0 Å². The van der Waals surface area contributed by atoms with Gasteiger partial charge in [-0.3, -0.25) is 0 Å². The first-order valence-corrected chi connectivity index (χ1v) is 8.37. The number of rotatable bonds is 1. The van der Waals surface area contributed by atoms with E-state index in [1.165, 1.54) is 32.7 Å². The molecule has 2 aliphatic carbocycles. The van der Waals surface area contributed by atoms with Crippen molar-refractivity contribution in [2.45, 2.75) is 13.8 Å². The Labute approximate surface area is 139 Å². The maximum atomic E-state index is 3.69. The Kier molecular flexibility index (Phi) is 3.02. The van der Waals surface area contributed by atoms with Crippen LogP contribution in [-0.2, 0) is 0 Å². The van der Waals surface area contributed by atoms with Crippen molar-refractivity contribution in [3.05, 3.63) is 81.2 Å². The van der Waals surface area contributed by atoms with Gasteiger partial charge in [0.15, 0.2) is 0 Å². The largest absolute Gasteiger partial charge is 0.0744 e. The molecule has 22 heavy (non-hydrogen) atoms. The third-order valence-electron chi connectivity index (χ3n) is 4.38. The Morgan fingerprint density at radius 2 is 1.68 bits per heavy atom. The van der Waals surface area contributed by atoms with Gasteiger partial charge in [-0.25, -0.2) is 0 Å². The monoisotopic (exact) mass is 348 g/mol. The molecule has 0 N–H and O–H groups in total. The van der Waals surface area contributed by atoms with Crippen LogP contribution in [0.5, 0.6) is 0 Å². The molecular formula is C21H17Br. The molecular weight excluding hydrogens is 332 g/mol. The molecule has 2 aromatic rings. The van der Waals surface area contributed by atoms with Gasteiger partial charge in [0, 0.05) is 9.89 Å². The second-order valence-electron chi connectivity index (χ2n) is 6.56. The van der Waals surface area contributed by atoms with Crippen molar-refractivity contribution >= 4 is 27.6 Å². The highest BCUT2D eigenvalue weighted by atomic mass is 79.9. The molecule has 0 aliphatic heterocycles. The number of halogens is 1. The highest BCUT2D eigenvalue weighted by Gasteiger charge is 2.21. The van der Waals surface area contributed by atoms with E-state index in [-0.39, 0.29) is 5.41 Å². The molecule has 0 unspecified atom stereocenters. The number of fused-ring (bicyclic) bond motifs is 2. The fourth-order valence-corrected chi connectivity index (χ4v) is 3.81. The van der Waals surface area contributed by atoms with Gasteiger partial charge in [0.25, 0.3) is 0 Å². The van der Waals surface area contributed by atoms with E-state index >= 15 is 0 Å². The SMILES string of the molecule is CC1(C)C=CC2=c3cccc(-c4ccccc4Br)c3=CC2=C1. The summed E-state index contributed by atoms with van der Waals surface area (Å²) in [4.78, 5) is 0. The predicted octanol–water partition coefficient (Wildman–Crippen LogP) is 4.58. The molecule has 4 rings (SSSR count). The first-order chi connectivity index (χ1) is 10.6. The summed E-state index contributed by atoms with van der Waals surface area (Å²) in [6.45, 7) is 4.50. The summed E-state index contributed by atoms with van der Waals surface area (Å²) in [5, 5.41) is 2.67. The summed E-state index contributed by atoms with van der Waals surface area (Å²) in [6, 6.07) is 15.0. The summed E-state index contributed by atoms with van der Waals surface area (Å²) in [5.74, 6) is 0. The van der Waals surface area contributed by atoms with Gasteiger partial charge >= 0.3 is 0 Å². The lowest BCUT2D eigenvalue weighted by molar-refractivity contribution is 0.621. The lowest BCUT2D eigenvalue weighted by atomic mass is 9.84. The van der Waals surface area contributed by atoms with E-state index in [9.17, 15) is 0 Å². The number of benzene rings is 2. The molecule has 0 fully saturated rings. The first kappa shape index (κ1) is 13.8. The normalized spacial score (nSPS) is 17.6. The van der Waals surface area contributed by atoms with Crippen molar-refractivity contribution in [2.24, 2.45) is 5.41 Å². The molecule has 1 heteroatoms. The van der Waals surface area contributed by atoms with Gasteiger partial charge in [-0.05, 0) is 44.9 Å². The third kappa shape index (κ3) is 2.12. The van der Waals surface area contributed by atoms with Crippen LogP contribution in [0.4, 0.5) is 0 Å². The molecule has 0 atom stereocenters. The van der Waals surface area contributed by atoms with Crippen LogP contribution in [0.15, 0.2) is 70.7 Å². The van der Waals surface area contributed by atoms with Crippen molar-refractivity contribution < 1.29 is 0 Å². The Morgan fingerprint density at radius 1 is 0.909 bits per heavy atom.